The van der Waals surface area contributed by atoms with Gasteiger partial charge in [0.1, 0.15) is 17.3 Å². The number of halogens is 2. The maximum absolute atomic E-state index is 14.1. The average Bonchev–Trinajstić information content (AvgIpc) is 3.32. The lowest BCUT2D eigenvalue weighted by atomic mass is 9.95. The van der Waals surface area contributed by atoms with Crippen molar-refractivity contribution >= 4 is 33.4 Å². The summed E-state index contributed by atoms with van der Waals surface area (Å²) in [6, 6.07) is 13.9. The van der Waals surface area contributed by atoms with Crippen molar-refractivity contribution < 1.29 is 23.5 Å². The molecule has 1 N–H and O–H groups in total. The molecule has 152 valence electrons. The summed E-state index contributed by atoms with van der Waals surface area (Å²) < 4.78 is 20.2. The van der Waals surface area contributed by atoms with Gasteiger partial charge in [-0.05, 0) is 48.4 Å². The van der Waals surface area contributed by atoms with Gasteiger partial charge in [-0.3, -0.25) is 9.59 Å². The number of amides is 1. The molecule has 2 heterocycles. The maximum atomic E-state index is 14.1. The molecular weight excluding hydrogens is 453 g/mol. The number of ketones is 1. The molecule has 1 aliphatic heterocycles. The molecule has 0 saturated carbocycles. The second-order valence-electron chi connectivity index (χ2n) is 7.03. The molecule has 1 saturated heterocycles. The van der Waals surface area contributed by atoms with Crippen molar-refractivity contribution in [3.63, 3.8) is 0 Å². The molecule has 4 rings (SSSR count). The largest absolute Gasteiger partial charge is 0.507 e. The van der Waals surface area contributed by atoms with Crippen LogP contribution in [0.15, 0.2) is 75.3 Å². The van der Waals surface area contributed by atoms with Gasteiger partial charge in [-0.2, -0.15) is 0 Å². The van der Waals surface area contributed by atoms with Crippen molar-refractivity contribution in [2.45, 2.75) is 19.5 Å². The van der Waals surface area contributed by atoms with Crippen molar-refractivity contribution in [3.05, 3.63) is 99.2 Å². The Bertz CT molecular complexity index is 1170. The average molecular weight is 470 g/mol. The number of hydrogen-bond acceptors (Lipinski definition) is 4. The highest BCUT2D eigenvalue weighted by Gasteiger charge is 2.46. The highest BCUT2D eigenvalue weighted by atomic mass is 79.9. The number of aliphatic hydroxyl groups excluding tert-OH is 1. The fourth-order valence-corrected chi connectivity index (χ4v) is 3.95. The zero-order valence-electron chi connectivity index (χ0n) is 15.9. The molecular formula is C23H17BrFNO4. The molecule has 1 atom stereocenters. The molecule has 1 aromatic heterocycles. The first-order valence-electron chi connectivity index (χ1n) is 9.19. The Hall–Kier alpha value is -3.19. The summed E-state index contributed by atoms with van der Waals surface area (Å²) in [4.78, 5) is 27.2. The highest BCUT2D eigenvalue weighted by Crippen LogP contribution is 2.41. The summed E-state index contributed by atoms with van der Waals surface area (Å²) in [5.74, 6) is -2.02. The molecule has 0 aliphatic carbocycles. The lowest BCUT2D eigenvalue weighted by Gasteiger charge is -2.24. The Kier molecular flexibility index (Phi) is 5.30. The fraction of sp³-hybridized carbons (Fsp3) is 0.130. The molecule has 1 fully saturated rings. The van der Waals surface area contributed by atoms with Gasteiger partial charge in [0.05, 0.1) is 24.4 Å². The molecule has 0 bridgehead atoms. The molecule has 7 heteroatoms. The van der Waals surface area contributed by atoms with Gasteiger partial charge in [-0.1, -0.05) is 40.2 Å². The second-order valence-corrected chi connectivity index (χ2v) is 7.94. The van der Waals surface area contributed by atoms with Gasteiger partial charge >= 0.3 is 0 Å². The van der Waals surface area contributed by atoms with Crippen LogP contribution in [0.1, 0.15) is 28.5 Å². The third kappa shape index (κ3) is 3.57. The number of likely N-dealkylation sites (tertiary alicyclic amines) is 1. The summed E-state index contributed by atoms with van der Waals surface area (Å²) in [6.07, 6.45) is 1.48. The molecule has 5 nitrogen and oxygen atoms in total. The van der Waals surface area contributed by atoms with E-state index in [4.69, 9.17) is 4.42 Å². The number of aryl methyl sites for hydroxylation is 1. The molecule has 0 unspecified atom stereocenters. The van der Waals surface area contributed by atoms with Crippen LogP contribution in [0.4, 0.5) is 4.39 Å². The SMILES string of the molecule is Cc1ccc(C(O)=C2C(=O)C(=O)N(Cc3ccco3)[C@H]2c2cccc(Br)c2)cc1F. The first kappa shape index (κ1) is 20.1. The number of hydrogen-bond donors (Lipinski definition) is 1. The predicted octanol–water partition coefficient (Wildman–Crippen LogP) is 5.11. The smallest absolute Gasteiger partial charge is 0.296 e. The minimum atomic E-state index is -0.850. The van der Waals surface area contributed by atoms with E-state index in [0.717, 1.165) is 10.5 Å². The van der Waals surface area contributed by atoms with E-state index in [-0.39, 0.29) is 17.7 Å². The normalized spacial score (nSPS) is 18.2. The van der Waals surface area contributed by atoms with Crippen molar-refractivity contribution in [2.75, 3.05) is 0 Å². The standard InChI is InChI=1S/C23H17BrFNO4/c1-13-7-8-15(11-18(13)25)21(27)19-20(14-4-2-5-16(24)10-14)26(23(29)22(19)28)12-17-6-3-9-30-17/h2-11,20,27H,12H2,1H3/t20-/m0/s1. The number of carbonyl (C=O) groups excluding carboxylic acids is 2. The topological polar surface area (TPSA) is 70.8 Å². The van der Waals surface area contributed by atoms with E-state index in [1.54, 1.807) is 37.3 Å². The van der Waals surface area contributed by atoms with Crippen LogP contribution < -0.4 is 0 Å². The van der Waals surface area contributed by atoms with Crippen LogP contribution in [0.25, 0.3) is 5.76 Å². The molecule has 0 spiro atoms. The summed E-state index contributed by atoms with van der Waals surface area (Å²) in [7, 11) is 0. The molecule has 1 amide bonds. The van der Waals surface area contributed by atoms with E-state index in [1.165, 1.54) is 23.3 Å². The summed E-state index contributed by atoms with van der Waals surface area (Å²) in [5.41, 5.74) is 1.08. The van der Waals surface area contributed by atoms with Crippen LogP contribution >= 0.6 is 15.9 Å². The van der Waals surface area contributed by atoms with Crippen molar-refractivity contribution in [2.24, 2.45) is 0 Å². The van der Waals surface area contributed by atoms with Crippen molar-refractivity contribution in [3.8, 4) is 0 Å². The van der Waals surface area contributed by atoms with Crippen LogP contribution in [0.3, 0.4) is 0 Å². The van der Waals surface area contributed by atoms with E-state index in [0.29, 0.717) is 16.9 Å². The number of furan rings is 1. The Morgan fingerprint density at radius 2 is 1.97 bits per heavy atom. The van der Waals surface area contributed by atoms with Gasteiger partial charge in [0.15, 0.2) is 0 Å². The zero-order valence-corrected chi connectivity index (χ0v) is 17.5. The van der Waals surface area contributed by atoms with Crippen LogP contribution in [0, 0.1) is 12.7 Å². The lowest BCUT2D eigenvalue weighted by Crippen LogP contribution is -2.29. The monoisotopic (exact) mass is 469 g/mol. The zero-order chi connectivity index (χ0) is 21.4. The molecule has 30 heavy (non-hydrogen) atoms. The molecule has 2 aromatic carbocycles. The number of benzene rings is 2. The number of Topliss-reactive ketones (excluding diaryl/α,β-unsaturated/α-hetero) is 1. The first-order chi connectivity index (χ1) is 14.4. The quantitative estimate of drug-likeness (QED) is 0.327. The maximum Gasteiger partial charge on any atom is 0.296 e. The molecule has 3 aromatic rings. The van der Waals surface area contributed by atoms with Crippen LogP contribution in [-0.2, 0) is 16.1 Å². The number of nitrogens with zero attached hydrogens (tertiary/aromatic N) is 1. The summed E-state index contributed by atoms with van der Waals surface area (Å²) in [5, 5.41) is 10.9. The van der Waals surface area contributed by atoms with E-state index >= 15 is 0 Å². The third-order valence-corrected chi connectivity index (χ3v) is 5.55. The first-order valence-corrected chi connectivity index (χ1v) is 9.99. The minimum absolute atomic E-state index is 0.0494. The van der Waals surface area contributed by atoms with Gasteiger partial charge in [0, 0.05) is 10.0 Å². The van der Waals surface area contributed by atoms with Crippen LogP contribution in [0.2, 0.25) is 0 Å². The predicted molar refractivity (Wildman–Crippen MR) is 112 cm³/mol. The summed E-state index contributed by atoms with van der Waals surface area (Å²) in [6.45, 7) is 1.65. The number of carbonyl (C=O) groups is 2. The van der Waals surface area contributed by atoms with E-state index in [9.17, 15) is 19.1 Å². The molecule has 0 radical (unpaired) electrons. The Morgan fingerprint density at radius 1 is 1.17 bits per heavy atom. The van der Waals surface area contributed by atoms with Crippen LogP contribution in [0.5, 0.6) is 0 Å². The van der Waals surface area contributed by atoms with E-state index in [1.807, 2.05) is 6.07 Å². The number of rotatable bonds is 4. The van der Waals surface area contributed by atoms with Gasteiger partial charge in [-0.25, -0.2) is 4.39 Å². The van der Waals surface area contributed by atoms with Gasteiger partial charge < -0.3 is 14.4 Å². The van der Waals surface area contributed by atoms with Gasteiger partial charge in [0.2, 0.25) is 0 Å². The third-order valence-electron chi connectivity index (χ3n) is 5.06. The van der Waals surface area contributed by atoms with Crippen molar-refractivity contribution in [1.29, 1.82) is 0 Å². The Balaban J connectivity index is 1.89. The minimum Gasteiger partial charge on any atom is -0.507 e. The Labute approximate surface area is 180 Å². The van der Waals surface area contributed by atoms with Crippen LogP contribution in [-0.4, -0.2) is 21.7 Å². The van der Waals surface area contributed by atoms with Gasteiger partial charge in [0.25, 0.3) is 11.7 Å². The summed E-state index contributed by atoms with van der Waals surface area (Å²) >= 11 is 3.40. The van der Waals surface area contributed by atoms with Crippen molar-refractivity contribution in [1.82, 2.24) is 4.90 Å². The Morgan fingerprint density at radius 3 is 2.63 bits per heavy atom. The van der Waals surface area contributed by atoms with Gasteiger partial charge in [-0.15, -0.1) is 0 Å². The van der Waals surface area contributed by atoms with E-state index < -0.39 is 29.3 Å². The van der Waals surface area contributed by atoms with E-state index in [2.05, 4.69) is 15.9 Å². The second kappa shape index (κ2) is 7.91. The number of aliphatic hydroxyl groups is 1. The fourth-order valence-electron chi connectivity index (χ4n) is 3.53. The molecule has 1 aliphatic rings. The highest BCUT2D eigenvalue weighted by molar-refractivity contribution is 9.10. The lowest BCUT2D eigenvalue weighted by molar-refractivity contribution is -0.140.